The zero-order valence-corrected chi connectivity index (χ0v) is 14.6. The molecule has 0 bridgehead atoms. The van der Waals surface area contributed by atoms with Crippen LogP contribution in [-0.4, -0.2) is 23.1 Å². The molecule has 134 valence electrons. The summed E-state index contributed by atoms with van der Waals surface area (Å²) >= 11 is 0. The van der Waals surface area contributed by atoms with Gasteiger partial charge < -0.3 is 19.8 Å². The van der Waals surface area contributed by atoms with Crippen molar-refractivity contribution in [2.45, 2.75) is 26.5 Å². The van der Waals surface area contributed by atoms with Crippen LogP contribution in [-0.2, 0) is 16.1 Å². The predicted octanol–water partition coefficient (Wildman–Crippen LogP) is 3.70. The molecule has 3 rings (SSSR count). The minimum Gasteiger partial charge on any atom is -0.445 e. The van der Waals surface area contributed by atoms with Gasteiger partial charge in [0.05, 0.1) is 0 Å². The standard InChI is InChI=1S/C20H20N2O4/c1-13-7-6-10-16-18(13)17(11-21-16)26-19(23)14(2)22-20(24)25-12-15-8-4-3-5-9-15/h3-11,14,21H,12H2,1-2H3,(H,22,24)/t14-/m0/s1. The Kier molecular flexibility index (Phi) is 5.22. The Hall–Kier alpha value is -3.28. The maximum atomic E-state index is 12.3. The fourth-order valence-electron chi connectivity index (χ4n) is 2.61. The van der Waals surface area contributed by atoms with Crippen LogP contribution in [0.25, 0.3) is 10.9 Å². The van der Waals surface area contributed by atoms with Crippen molar-refractivity contribution < 1.29 is 19.1 Å². The molecule has 0 saturated heterocycles. The number of carbonyl (C=O) groups is 2. The summed E-state index contributed by atoms with van der Waals surface area (Å²) in [7, 11) is 0. The van der Waals surface area contributed by atoms with Gasteiger partial charge in [-0.05, 0) is 31.0 Å². The van der Waals surface area contributed by atoms with Crippen LogP contribution in [0.1, 0.15) is 18.1 Å². The fraction of sp³-hybridized carbons (Fsp3) is 0.200. The van der Waals surface area contributed by atoms with E-state index in [-0.39, 0.29) is 6.61 Å². The molecule has 6 nitrogen and oxygen atoms in total. The van der Waals surface area contributed by atoms with Gasteiger partial charge >= 0.3 is 12.1 Å². The lowest BCUT2D eigenvalue weighted by molar-refractivity contribution is -0.136. The summed E-state index contributed by atoms with van der Waals surface area (Å²) < 4.78 is 10.5. The summed E-state index contributed by atoms with van der Waals surface area (Å²) in [5, 5.41) is 3.33. The molecule has 3 aromatic rings. The van der Waals surface area contributed by atoms with Crippen molar-refractivity contribution >= 4 is 23.0 Å². The fourth-order valence-corrected chi connectivity index (χ4v) is 2.61. The van der Waals surface area contributed by atoms with Crippen LogP contribution in [0, 0.1) is 6.92 Å². The second-order valence-electron chi connectivity index (χ2n) is 6.00. The summed E-state index contributed by atoms with van der Waals surface area (Å²) in [6, 6.07) is 14.2. The van der Waals surface area contributed by atoms with Gasteiger partial charge in [-0.2, -0.15) is 0 Å². The average molecular weight is 352 g/mol. The highest BCUT2D eigenvalue weighted by molar-refractivity contribution is 5.92. The van der Waals surface area contributed by atoms with Gasteiger partial charge in [-0.3, -0.25) is 0 Å². The Bertz CT molecular complexity index is 918. The number of carbonyl (C=O) groups excluding carboxylic acids is 2. The molecule has 0 saturated carbocycles. The Morgan fingerprint density at radius 2 is 1.88 bits per heavy atom. The lowest BCUT2D eigenvalue weighted by Gasteiger charge is -2.13. The first-order valence-corrected chi connectivity index (χ1v) is 8.30. The molecule has 0 radical (unpaired) electrons. The van der Waals surface area contributed by atoms with E-state index in [0.717, 1.165) is 22.0 Å². The SMILES string of the molecule is Cc1cccc2[nH]cc(OC(=O)[C@H](C)NC(=O)OCc3ccccc3)c12. The van der Waals surface area contributed by atoms with Crippen LogP contribution in [0.5, 0.6) is 5.75 Å². The first-order chi connectivity index (χ1) is 12.5. The second kappa shape index (κ2) is 7.74. The number of amides is 1. The third-order valence-corrected chi connectivity index (χ3v) is 3.99. The number of nitrogens with one attached hydrogen (secondary N) is 2. The number of esters is 1. The number of rotatable bonds is 5. The topological polar surface area (TPSA) is 80.4 Å². The molecule has 2 N–H and O–H groups in total. The molecule has 1 amide bonds. The van der Waals surface area contributed by atoms with Gasteiger partial charge in [0.25, 0.3) is 0 Å². The number of H-pyrrole nitrogens is 1. The predicted molar refractivity (Wildman–Crippen MR) is 97.9 cm³/mol. The molecule has 0 aliphatic carbocycles. The summed E-state index contributed by atoms with van der Waals surface area (Å²) in [4.78, 5) is 27.2. The van der Waals surface area contributed by atoms with Crippen molar-refractivity contribution in [2.75, 3.05) is 0 Å². The third-order valence-electron chi connectivity index (χ3n) is 3.99. The third kappa shape index (κ3) is 4.03. The van der Waals surface area contributed by atoms with E-state index in [1.165, 1.54) is 0 Å². The highest BCUT2D eigenvalue weighted by Gasteiger charge is 2.20. The number of aryl methyl sites for hydroxylation is 1. The molecule has 1 atom stereocenters. The molecule has 1 aromatic heterocycles. The average Bonchev–Trinajstić information content (AvgIpc) is 3.05. The highest BCUT2D eigenvalue weighted by atomic mass is 16.6. The quantitative estimate of drug-likeness (QED) is 0.686. The van der Waals surface area contributed by atoms with E-state index in [4.69, 9.17) is 9.47 Å². The minimum absolute atomic E-state index is 0.135. The maximum absolute atomic E-state index is 12.3. The molecular formula is C20H20N2O4. The number of hydrogen-bond acceptors (Lipinski definition) is 4. The molecule has 6 heteroatoms. The summed E-state index contributed by atoms with van der Waals surface area (Å²) in [6.45, 7) is 3.63. The molecule has 0 spiro atoms. The van der Waals surface area contributed by atoms with Crippen LogP contribution < -0.4 is 10.1 Å². The van der Waals surface area contributed by atoms with Gasteiger partial charge in [0.2, 0.25) is 0 Å². The molecule has 0 aliphatic rings. The van der Waals surface area contributed by atoms with Gasteiger partial charge in [-0.1, -0.05) is 42.5 Å². The first-order valence-electron chi connectivity index (χ1n) is 8.30. The molecule has 26 heavy (non-hydrogen) atoms. The number of benzene rings is 2. The van der Waals surface area contributed by atoms with Gasteiger partial charge in [0.15, 0.2) is 5.75 Å². The van der Waals surface area contributed by atoms with E-state index in [2.05, 4.69) is 10.3 Å². The molecule has 1 heterocycles. The van der Waals surface area contributed by atoms with Crippen LogP contribution in [0.4, 0.5) is 4.79 Å². The molecule has 0 unspecified atom stereocenters. The summed E-state index contributed by atoms with van der Waals surface area (Å²) in [5.74, 6) is -0.125. The van der Waals surface area contributed by atoms with Crippen molar-refractivity contribution in [1.82, 2.24) is 10.3 Å². The number of aromatic nitrogens is 1. The normalized spacial score (nSPS) is 11.8. The number of hydrogen-bond donors (Lipinski definition) is 2. The molecular weight excluding hydrogens is 332 g/mol. The molecule has 2 aromatic carbocycles. The smallest absolute Gasteiger partial charge is 0.408 e. The first kappa shape index (κ1) is 17.5. The zero-order valence-electron chi connectivity index (χ0n) is 14.6. The zero-order chi connectivity index (χ0) is 18.5. The van der Waals surface area contributed by atoms with E-state index in [9.17, 15) is 9.59 Å². The minimum atomic E-state index is -0.841. The van der Waals surface area contributed by atoms with E-state index in [0.29, 0.717) is 5.75 Å². The van der Waals surface area contributed by atoms with Crippen LogP contribution in [0.3, 0.4) is 0 Å². The van der Waals surface area contributed by atoms with Gasteiger partial charge in [-0.25, -0.2) is 9.59 Å². The van der Waals surface area contributed by atoms with E-state index in [1.54, 1.807) is 13.1 Å². The largest absolute Gasteiger partial charge is 0.445 e. The van der Waals surface area contributed by atoms with Gasteiger partial charge in [0, 0.05) is 17.1 Å². The molecule has 0 fully saturated rings. The van der Waals surface area contributed by atoms with E-state index < -0.39 is 18.1 Å². The van der Waals surface area contributed by atoms with Crippen molar-refractivity contribution in [3.05, 3.63) is 65.9 Å². The number of ether oxygens (including phenoxy) is 2. The summed E-state index contributed by atoms with van der Waals surface area (Å²) in [6.07, 6.45) is 0.962. The van der Waals surface area contributed by atoms with Crippen molar-refractivity contribution in [3.8, 4) is 5.75 Å². The van der Waals surface area contributed by atoms with Crippen LogP contribution >= 0.6 is 0 Å². The number of aromatic amines is 1. The summed E-state index contributed by atoms with van der Waals surface area (Å²) in [5.41, 5.74) is 2.75. The van der Waals surface area contributed by atoms with E-state index >= 15 is 0 Å². The van der Waals surface area contributed by atoms with Crippen molar-refractivity contribution in [3.63, 3.8) is 0 Å². The number of fused-ring (bicyclic) bond motifs is 1. The second-order valence-corrected chi connectivity index (χ2v) is 6.00. The Labute approximate surface area is 151 Å². The van der Waals surface area contributed by atoms with Gasteiger partial charge in [-0.15, -0.1) is 0 Å². The number of alkyl carbamates (subject to hydrolysis) is 1. The van der Waals surface area contributed by atoms with Crippen molar-refractivity contribution in [1.29, 1.82) is 0 Å². The Balaban J connectivity index is 1.56. The lowest BCUT2D eigenvalue weighted by Crippen LogP contribution is -2.41. The lowest BCUT2D eigenvalue weighted by atomic mass is 10.1. The van der Waals surface area contributed by atoms with Gasteiger partial charge in [0.1, 0.15) is 12.6 Å². The van der Waals surface area contributed by atoms with Crippen LogP contribution in [0.2, 0.25) is 0 Å². The van der Waals surface area contributed by atoms with Crippen molar-refractivity contribution in [2.24, 2.45) is 0 Å². The van der Waals surface area contributed by atoms with Crippen LogP contribution in [0.15, 0.2) is 54.7 Å². The van der Waals surface area contributed by atoms with E-state index in [1.807, 2.05) is 55.5 Å². The Morgan fingerprint density at radius 1 is 1.12 bits per heavy atom. The molecule has 0 aliphatic heterocycles. The maximum Gasteiger partial charge on any atom is 0.408 e. The highest BCUT2D eigenvalue weighted by Crippen LogP contribution is 2.28. The monoisotopic (exact) mass is 352 g/mol. The Morgan fingerprint density at radius 3 is 2.65 bits per heavy atom.